The highest BCUT2D eigenvalue weighted by molar-refractivity contribution is 5.94. The van der Waals surface area contributed by atoms with E-state index in [-0.39, 0.29) is 18.3 Å². The first kappa shape index (κ1) is 18.6. The lowest BCUT2D eigenvalue weighted by molar-refractivity contribution is 0.0950. The quantitative estimate of drug-likeness (QED) is 0.685. The number of carbonyl (C=O) groups is 1. The van der Waals surface area contributed by atoms with E-state index < -0.39 is 0 Å². The molecule has 5 heteroatoms. The van der Waals surface area contributed by atoms with E-state index in [1.165, 1.54) is 11.6 Å². The van der Waals surface area contributed by atoms with Crippen molar-refractivity contribution < 1.29 is 9.18 Å². The lowest BCUT2D eigenvalue weighted by Gasteiger charge is -2.22. The summed E-state index contributed by atoms with van der Waals surface area (Å²) < 4.78 is 13.7. The number of nitrogens with one attached hydrogen (secondary N) is 1. The first-order valence-electron chi connectivity index (χ1n) is 8.94. The van der Waals surface area contributed by atoms with Crippen molar-refractivity contribution in [3.63, 3.8) is 0 Å². The number of amides is 1. The molecule has 1 heterocycles. The third-order valence-corrected chi connectivity index (χ3v) is 4.33. The molecule has 0 saturated carbocycles. The molecule has 0 aliphatic carbocycles. The van der Waals surface area contributed by atoms with Crippen LogP contribution in [0.2, 0.25) is 0 Å². The SMILES string of the molecule is CCN(Cc1ccccc1)c1cc(C(=O)NCc2ccccc2F)ccn1. The highest BCUT2D eigenvalue weighted by atomic mass is 19.1. The Balaban J connectivity index is 1.70. The van der Waals surface area contributed by atoms with Crippen molar-refractivity contribution in [1.29, 1.82) is 0 Å². The minimum atomic E-state index is -0.326. The molecule has 3 aromatic rings. The summed E-state index contributed by atoms with van der Waals surface area (Å²) >= 11 is 0. The summed E-state index contributed by atoms with van der Waals surface area (Å²) in [4.78, 5) is 19.0. The molecule has 0 fully saturated rings. The maximum absolute atomic E-state index is 13.7. The zero-order chi connectivity index (χ0) is 19.1. The van der Waals surface area contributed by atoms with Crippen molar-refractivity contribution in [2.75, 3.05) is 11.4 Å². The molecule has 0 bridgehead atoms. The Kier molecular flexibility index (Phi) is 6.15. The molecule has 0 spiro atoms. The number of anilines is 1. The van der Waals surface area contributed by atoms with Crippen LogP contribution in [0.4, 0.5) is 10.2 Å². The van der Waals surface area contributed by atoms with E-state index in [0.717, 1.165) is 12.4 Å². The number of halogens is 1. The summed E-state index contributed by atoms with van der Waals surface area (Å²) in [6, 6.07) is 20.0. The standard InChI is InChI=1S/C22H22FN3O/c1-2-26(16-17-8-4-3-5-9-17)21-14-18(12-13-24-21)22(27)25-15-19-10-6-7-11-20(19)23/h3-14H,2,15-16H2,1H3,(H,25,27). The number of nitrogens with zero attached hydrogens (tertiary/aromatic N) is 2. The van der Waals surface area contributed by atoms with Crippen LogP contribution in [-0.2, 0) is 13.1 Å². The van der Waals surface area contributed by atoms with E-state index in [0.29, 0.717) is 17.7 Å². The molecular formula is C22H22FN3O. The van der Waals surface area contributed by atoms with Crippen molar-refractivity contribution in [1.82, 2.24) is 10.3 Å². The molecule has 1 amide bonds. The lowest BCUT2D eigenvalue weighted by atomic mass is 10.2. The largest absolute Gasteiger partial charge is 0.353 e. The Bertz CT molecular complexity index is 899. The molecule has 0 aliphatic rings. The highest BCUT2D eigenvalue weighted by Crippen LogP contribution is 2.16. The Labute approximate surface area is 158 Å². The second-order valence-corrected chi connectivity index (χ2v) is 6.18. The maximum atomic E-state index is 13.7. The number of pyridine rings is 1. The van der Waals surface area contributed by atoms with Crippen LogP contribution >= 0.6 is 0 Å². The van der Waals surface area contributed by atoms with Gasteiger partial charge < -0.3 is 10.2 Å². The molecule has 0 aliphatic heterocycles. The van der Waals surface area contributed by atoms with Crippen LogP contribution in [-0.4, -0.2) is 17.4 Å². The van der Waals surface area contributed by atoms with Gasteiger partial charge >= 0.3 is 0 Å². The van der Waals surface area contributed by atoms with Gasteiger partial charge in [-0.15, -0.1) is 0 Å². The molecule has 2 aromatic carbocycles. The minimum Gasteiger partial charge on any atom is -0.353 e. The monoisotopic (exact) mass is 363 g/mol. The van der Waals surface area contributed by atoms with Crippen LogP contribution in [0, 0.1) is 5.82 Å². The molecular weight excluding hydrogens is 341 g/mol. The molecule has 0 saturated heterocycles. The van der Waals surface area contributed by atoms with Gasteiger partial charge in [0.05, 0.1) is 0 Å². The number of hydrogen-bond donors (Lipinski definition) is 1. The minimum absolute atomic E-state index is 0.144. The van der Waals surface area contributed by atoms with Crippen molar-refractivity contribution in [2.45, 2.75) is 20.0 Å². The Hall–Kier alpha value is -3.21. The van der Waals surface area contributed by atoms with Crippen molar-refractivity contribution >= 4 is 11.7 Å². The molecule has 0 atom stereocenters. The van der Waals surface area contributed by atoms with Crippen LogP contribution < -0.4 is 10.2 Å². The molecule has 1 N–H and O–H groups in total. The fraction of sp³-hybridized carbons (Fsp3) is 0.182. The first-order valence-corrected chi connectivity index (χ1v) is 8.94. The van der Waals surface area contributed by atoms with Crippen LogP contribution in [0.3, 0.4) is 0 Å². The van der Waals surface area contributed by atoms with Gasteiger partial charge in [-0.2, -0.15) is 0 Å². The number of hydrogen-bond acceptors (Lipinski definition) is 3. The van der Waals surface area contributed by atoms with Gasteiger partial charge in [0.15, 0.2) is 0 Å². The van der Waals surface area contributed by atoms with Gasteiger partial charge in [0.2, 0.25) is 0 Å². The van der Waals surface area contributed by atoms with Gasteiger partial charge in [-0.25, -0.2) is 9.37 Å². The predicted octanol–water partition coefficient (Wildman–Crippen LogP) is 4.18. The Morgan fingerprint density at radius 3 is 2.56 bits per heavy atom. The topological polar surface area (TPSA) is 45.2 Å². The highest BCUT2D eigenvalue weighted by Gasteiger charge is 2.12. The van der Waals surface area contributed by atoms with E-state index in [9.17, 15) is 9.18 Å². The lowest BCUT2D eigenvalue weighted by Crippen LogP contribution is -2.26. The molecule has 27 heavy (non-hydrogen) atoms. The Morgan fingerprint density at radius 1 is 1.07 bits per heavy atom. The number of carbonyl (C=O) groups excluding carboxylic acids is 1. The van der Waals surface area contributed by atoms with Gasteiger partial charge in [-0.05, 0) is 30.7 Å². The summed E-state index contributed by atoms with van der Waals surface area (Å²) in [6.45, 7) is 3.67. The van der Waals surface area contributed by atoms with E-state index >= 15 is 0 Å². The van der Waals surface area contributed by atoms with Gasteiger partial charge in [0, 0.05) is 37.0 Å². The summed E-state index contributed by atoms with van der Waals surface area (Å²) in [7, 11) is 0. The molecule has 1 aromatic heterocycles. The molecule has 0 unspecified atom stereocenters. The summed E-state index contributed by atoms with van der Waals surface area (Å²) in [6.07, 6.45) is 1.63. The number of aromatic nitrogens is 1. The third kappa shape index (κ3) is 4.91. The fourth-order valence-corrected chi connectivity index (χ4v) is 2.81. The second-order valence-electron chi connectivity index (χ2n) is 6.18. The zero-order valence-corrected chi connectivity index (χ0v) is 15.2. The maximum Gasteiger partial charge on any atom is 0.251 e. The van der Waals surface area contributed by atoms with E-state index in [4.69, 9.17) is 0 Å². The van der Waals surface area contributed by atoms with Gasteiger partial charge in [0.1, 0.15) is 11.6 Å². The number of benzene rings is 2. The summed E-state index contributed by atoms with van der Waals surface area (Å²) in [5.41, 5.74) is 2.14. The van der Waals surface area contributed by atoms with E-state index in [2.05, 4.69) is 34.3 Å². The summed E-state index contributed by atoms with van der Waals surface area (Å²) in [5, 5.41) is 2.76. The molecule has 4 nitrogen and oxygen atoms in total. The number of rotatable bonds is 7. The fourth-order valence-electron chi connectivity index (χ4n) is 2.81. The van der Waals surface area contributed by atoms with Gasteiger partial charge in [0.25, 0.3) is 5.91 Å². The van der Waals surface area contributed by atoms with Crippen LogP contribution in [0.5, 0.6) is 0 Å². The average molecular weight is 363 g/mol. The van der Waals surface area contributed by atoms with Crippen molar-refractivity contribution in [2.24, 2.45) is 0 Å². The molecule has 0 radical (unpaired) electrons. The second kappa shape index (κ2) is 8.94. The molecule has 138 valence electrons. The van der Waals surface area contributed by atoms with Crippen LogP contribution in [0.25, 0.3) is 0 Å². The molecule has 3 rings (SSSR count). The third-order valence-electron chi connectivity index (χ3n) is 4.33. The van der Waals surface area contributed by atoms with Crippen molar-refractivity contribution in [3.8, 4) is 0 Å². The van der Waals surface area contributed by atoms with Crippen LogP contribution in [0.1, 0.15) is 28.4 Å². The van der Waals surface area contributed by atoms with E-state index in [1.54, 1.807) is 36.5 Å². The Morgan fingerprint density at radius 2 is 1.81 bits per heavy atom. The summed E-state index contributed by atoms with van der Waals surface area (Å²) in [5.74, 6) is 0.158. The van der Waals surface area contributed by atoms with Gasteiger partial charge in [-0.3, -0.25) is 4.79 Å². The van der Waals surface area contributed by atoms with Gasteiger partial charge in [-0.1, -0.05) is 48.5 Å². The normalized spacial score (nSPS) is 10.4. The zero-order valence-electron chi connectivity index (χ0n) is 15.2. The predicted molar refractivity (Wildman–Crippen MR) is 105 cm³/mol. The smallest absolute Gasteiger partial charge is 0.251 e. The average Bonchev–Trinajstić information content (AvgIpc) is 2.72. The van der Waals surface area contributed by atoms with E-state index in [1.807, 2.05) is 18.2 Å². The van der Waals surface area contributed by atoms with Crippen molar-refractivity contribution in [3.05, 3.63) is 95.4 Å². The first-order chi connectivity index (χ1) is 13.2. The van der Waals surface area contributed by atoms with Crippen LogP contribution in [0.15, 0.2) is 72.9 Å².